The molecule has 1 N–H and O–H groups in total. The van der Waals surface area contributed by atoms with Crippen molar-refractivity contribution in [3.8, 4) is 5.69 Å². The largest absolute Gasteiger partial charge is 0.332 e. The molecule has 0 saturated carbocycles. The van der Waals surface area contributed by atoms with E-state index in [4.69, 9.17) is 0 Å². The first-order chi connectivity index (χ1) is 10.1. The van der Waals surface area contributed by atoms with Gasteiger partial charge in [-0.3, -0.25) is 4.79 Å². The average molecular weight is 322 g/mol. The van der Waals surface area contributed by atoms with E-state index < -0.39 is 0 Å². The van der Waals surface area contributed by atoms with Gasteiger partial charge < -0.3 is 10.2 Å². The smallest absolute Gasteiger partial charge is 0.276 e. The fraction of sp³-hybridized carbons (Fsp3) is 0.400. The molecule has 1 unspecified atom stereocenters. The van der Waals surface area contributed by atoms with Crippen LogP contribution in [0.4, 0.5) is 0 Å². The number of halogens is 1. The Bertz CT molecular complexity index is 640. The fourth-order valence-corrected chi connectivity index (χ4v) is 2.48. The predicted molar refractivity (Wildman–Crippen MR) is 86.7 cm³/mol. The molecule has 22 heavy (non-hydrogen) atoms. The van der Waals surface area contributed by atoms with E-state index in [1.807, 2.05) is 43.0 Å². The summed E-state index contributed by atoms with van der Waals surface area (Å²) in [6.07, 6.45) is 1.70. The number of hydrogen-bond donors (Lipinski definition) is 1. The molecule has 1 amide bonds. The van der Waals surface area contributed by atoms with E-state index in [-0.39, 0.29) is 24.4 Å². The van der Waals surface area contributed by atoms with Crippen LogP contribution in [0.25, 0.3) is 5.69 Å². The van der Waals surface area contributed by atoms with E-state index in [0.717, 1.165) is 18.8 Å². The van der Waals surface area contributed by atoms with Crippen LogP contribution in [0, 0.1) is 6.92 Å². The summed E-state index contributed by atoms with van der Waals surface area (Å²) >= 11 is 0. The first-order valence-corrected chi connectivity index (χ1v) is 7.16. The van der Waals surface area contributed by atoms with Crippen LogP contribution in [0.2, 0.25) is 0 Å². The van der Waals surface area contributed by atoms with E-state index in [2.05, 4.69) is 15.6 Å². The highest BCUT2D eigenvalue weighted by Gasteiger charge is 2.26. The van der Waals surface area contributed by atoms with Crippen molar-refractivity contribution in [2.75, 3.05) is 19.6 Å². The summed E-state index contributed by atoms with van der Waals surface area (Å²) in [4.78, 5) is 14.3. The van der Waals surface area contributed by atoms with E-state index >= 15 is 0 Å². The van der Waals surface area contributed by atoms with Gasteiger partial charge >= 0.3 is 0 Å². The molecular weight excluding hydrogens is 302 g/mol. The SMILES string of the molecule is Cc1ccc(-n2cc(C(=O)N3CCNCC3C)nn2)cc1.Cl. The number of piperazine rings is 1. The quantitative estimate of drug-likeness (QED) is 0.909. The lowest BCUT2D eigenvalue weighted by Crippen LogP contribution is -2.52. The zero-order chi connectivity index (χ0) is 14.8. The average Bonchev–Trinajstić information content (AvgIpc) is 2.98. The van der Waals surface area contributed by atoms with Crippen molar-refractivity contribution >= 4 is 18.3 Å². The Morgan fingerprint density at radius 1 is 1.32 bits per heavy atom. The van der Waals surface area contributed by atoms with E-state index in [0.29, 0.717) is 12.2 Å². The number of amides is 1. The first-order valence-electron chi connectivity index (χ1n) is 7.16. The molecule has 0 spiro atoms. The van der Waals surface area contributed by atoms with Gasteiger partial charge in [0.2, 0.25) is 0 Å². The highest BCUT2D eigenvalue weighted by Crippen LogP contribution is 2.11. The maximum atomic E-state index is 12.5. The monoisotopic (exact) mass is 321 g/mol. The van der Waals surface area contributed by atoms with Gasteiger partial charge in [0.15, 0.2) is 5.69 Å². The molecule has 7 heteroatoms. The molecule has 6 nitrogen and oxygen atoms in total. The van der Waals surface area contributed by atoms with Gasteiger partial charge in [-0.15, -0.1) is 17.5 Å². The molecule has 0 aliphatic carbocycles. The number of rotatable bonds is 2. The van der Waals surface area contributed by atoms with Crippen molar-refractivity contribution < 1.29 is 4.79 Å². The molecule has 1 aliphatic rings. The number of carbonyl (C=O) groups is 1. The molecule has 2 heterocycles. The van der Waals surface area contributed by atoms with Crippen LogP contribution in [0.15, 0.2) is 30.5 Å². The maximum absolute atomic E-state index is 12.5. The molecule has 2 aromatic rings. The Hall–Kier alpha value is -1.92. The standard InChI is InChI=1S/C15H19N5O.ClH/c1-11-3-5-13(6-4-11)20-10-14(17-18-20)15(21)19-8-7-16-9-12(19)2;/h3-6,10,12,16H,7-9H2,1-2H3;1H. The molecule has 1 aromatic carbocycles. The Balaban J connectivity index is 0.00000176. The molecule has 0 radical (unpaired) electrons. The lowest BCUT2D eigenvalue weighted by Gasteiger charge is -2.33. The molecule has 1 aliphatic heterocycles. The Kier molecular flexibility index (Phi) is 5.15. The van der Waals surface area contributed by atoms with Crippen molar-refractivity contribution in [3.05, 3.63) is 41.7 Å². The minimum Gasteiger partial charge on any atom is -0.332 e. The summed E-state index contributed by atoms with van der Waals surface area (Å²) in [6.45, 7) is 6.41. The van der Waals surface area contributed by atoms with Gasteiger partial charge in [0.05, 0.1) is 11.9 Å². The van der Waals surface area contributed by atoms with Crippen LogP contribution in [-0.4, -0.2) is 51.5 Å². The summed E-state index contributed by atoms with van der Waals surface area (Å²) in [7, 11) is 0. The normalized spacial score (nSPS) is 17.9. The molecule has 3 rings (SSSR count). The molecule has 1 fully saturated rings. The van der Waals surface area contributed by atoms with Gasteiger partial charge in [0.1, 0.15) is 0 Å². The van der Waals surface area contributed by atoms with Crippen LogP contribution in [0.1, 0.15) is 23.0 Å². The Morgan fingerprint density at radius 3 is 2.73 bits per heavy atom. The van der Waals surface area contributed by atoms with Crippen LogP contribution in [-0.2, 0) is 0 Å². The highest BCUT2D eigenvalue weighted by atomic mass is 35.5. The number of hydrogen-bond acceptors (Lipinski definition) is 4. The third kappa shape index (κ3) is 3.28. The number of aromatic nitrogens is 3. The zero-order valence-corrected chi connectivity index (χ0v) is 13.5. The zero-order valence-electron chi connectivity index (χ0n) is 12.7. The number of nitrogens with zero attached hydrogens (tertiary/aromatic N) is 4. The predicted octanol–water partition coefficient (Wildman–Crippen LogP) is 1.43. The summed E-state index contributed by atoms with van der Waals surface area (Å²) in [5.41, 5.74) is 2.48. The van der Waals surface area contributed by atoms with Crippen LogP contribution < -0.4 is 5.32 Å². The van der Waals surface area contributed by atoms with E-state index in [1.54, 1.807) is 10.9 Å². The fourth-order valence-electron chi connectivity index (χ4n) is 2.48. The van der Waals surface area contributed by atoms with Crippen molar-refractivity contribution in [1.82, 2.24) is 25.2 Å². The molecule has 1 atom stereocenters. The van der Waals surface area contributed by atoms with Gasteiger partial charge in [-0.25, -0.2) is 4.68 Å². The minimum atomic E-state index is -0.0534. The van der Waals surface area contributed by atoms with Crippen molar-refractivity contribution in [1.29, 1.82) is 0 Å². The summed E-state index contributed by atoms with van der Waals surface area (Å²) in [5, 5.41) is 11.4. The number of aryl methyl sites for hydroxylation is 1. The number of nitrogens with one attached hydrogen (secondary N) is 1. The van der Waals surface area contributed by atoms with Gasteiger partial charge in [0.25, 0.3) is 5.91 Å². The molecule has 1 saturated heterocycles. The topological polar surface area (TPSA) is 63.1 Å². The maximum Gasteiger partial charge on any atom is 0.276 e. The third-order valence-corrected chi connectivity index (χ3v) is 3.77. The number of benzene rings is 1. The van der Waals surface area contributed by atoms with Crippen molar-refractivity contribution in [3.63, 3.8) is 0 Å². The summed E-state index contributed by atoms with van der Waals surface area (Å²) < 4.78 is 1.64. The molecule has 118 valence electrons. The van der Waals surface area contributed by atoms with Crippen LogP contribution >= 0.6 is 12.4 Å². The lowest BCUT2D eigenvalue weighted by atomic mass is 10.2. The van der Waals surface area contributed by atoms with Gasteiger partial charge in [0, 0.05) is 25.7 Å². The number of carbonyl (C=O) groups excluding carboxylic acids is 1. The second kappa shape index (κ2) is 6.89. The van der Waals surface area contributed by atoms with Crippen LogP contribution in [0.3, 0.4) is 0 Å². The van der Waals surface area contributed by atoms with E-state index in [1.165, 1.54) is 5.56 Å². The van der Waals surface area contributed by atoms with Crippen molar-refractivity contribution in [2.24, 2.45) is 0 Å². The second-order valence-electron chi connectivity index (χ2n) is 5.44. The molecule has 1 aromatic heterocycles. The molecule has 0 bridgehead atoms. The Labute approximate surface area is 135 Å². The third-order valence-electron chi connectivity index (χ3n) is 3.77. The minimum absolute atomic E-state index is 0. The summed E-state index contributed by atoms with van der Waals surface area (Å²) in [5.74, 6) is -0.0534. The Morgan fingerprint density at radius 2 is 2.05 bits per heavy atom. The second-order valence-corrected chi connectivity index (χ2v) is 5.44. The van der Waals surface area contributed by atoms with Crippen LogP contribution in [0.5, 0.6) is 0 Å². The van der Waals surface area contributed by atoms with Gasteiger partial charge in [-0.2, -0.15) is 0 Å². The highest BCUT2D eigenvalue weighted by molar-refractivity contribution is 5.92. The van der Waals surface area contributed by atoms with Crippen molar-refractivity contribution in [2.45, 2.75) is 19.9 Å². The molecular formula is C15H20ClN5O. The van der Waals surface area contributed by atoms with E-state index in [9.17, 15) is 4.79 Å². The van der Waals surface area contributed by atoms with Gasteiger partial charge in [-0.1, -0.05) is 22.9 Å². The lowest BCUT2D eigenvalue weighted by molar-refractivity contribution is 0.0649. The summed E-state index contributed by atoms with van der Waals surface area (Å²) in [6, 6.07) is 8.13. The van der Waals surface area contributed by atoms with Gasteiger partial charge in [-0.05, 0) is 26.0 Å². The first kappa shape index (κ1) is 16.5.